The summed E-state index contributed by atoms with van der Waals surface area (Å²) < 4.78 is 5.96. The SMILES string of the molecule is CSCCOc1cc(SC)ccc1-c1nc2ncccc2[nH]1. The molecule has 0 unspecified atom stereocenters. The summed E-state index contributed by atoms with van der Waals surface area (Å²) in [4.78, 5) is 13.3. The van der Waals surface area contributed by atoms with Gasteiger partial charge in [0.05, 0.1) is 17.7 Å². The van der Waals surface area contributed by atoms with Crippen LogP contribution >= 0.6 is 23.5 Å². The number of aromatic amines is 1. The van der Waals surface area contributed by atoms with E-state index < -0.39 is 0 Å². The molecule has 2 aromatic heterocycles. The van der Waals surface area contributed by atoms with E-state index in [9.17, 15) is 0 Å². The Kier molecular flexibility index (Phi) is 4.90. The van der Waals surface area contributed by atoms with Crippen molar-refractivity contribution >= 4 is 34.7 Å². The molecule has 0 aliphatic heterocycles. The van der Waals surface area contributed by atoms with Crippen molar-refractivity contribution in [2.45, 2.75) is 4.90 Å². The Hall–Kier alpha value is -1.66. The van der Waals surface area contributed by atoms with Gasteiger partial charge in [0.2, 0.25) is 0 Å². The summed E-state index contributed by atoms with van der Waals surface area (Å²) >= 11 is 3.48. The lowest BCUT2D eigenvalue weighted by Gasteiger charge is -2.11. The molecule has 3 aromatic rings. The van der Waals surface area contributed by atoms with Crippen LogP contribution in [-0.2, 0) is 0 Å². The van der Waals surface area contributed by atoms with E-state index >= 15 is 0 Å². The number of benzene rings is 1. The van der Waals surface area contributed by atoms with Crippen LogP contribution in [0.3, 0.4) is 0 Å². The molecule has 2 heterocycles. The second-order valence-corrected chi connectivity index (χ2v) is 6.53. The van der Waals surface area contributed by atoms with Gasteiger partial charge in [0.1, 0.15) is 11.6 Å². The van der Waals surface area contributed by atoms with Crippen molar-refractivity contribution in [2.75, 3.05) is 24.9 Å². The minimum atomic E-state index is 0.685. The molecule has 0 atom stereocenters. The van der Waals surface area contributed by atoms with Crippen LogP contribution in [0.15, 0.2) is 41.4 Å². The smallest absolute Gasteiger partial charge is 0.178 e. The summed E-state index contributed by atoms with van der Waals surface area (Å²) in [5.41, 5.74) is 2.62. The van der Waals surface area contributed by atoms with Crippen LogP contribution < -0.4 is 4.74 Å². The zero-order valence-electron chi connectivity index (χ0n) is 12.5. The number of thioether (sulfide) groups is 2. The lowest BCUT2D eigenvalue weighted by molar-refractivity contribution is 0.344. The molecule has 4 nitrogen and oxygen atoms in total. The van der Waals surface area contributed by atoms with Crippen molar-refractivity contribution in [3.05, 3.63) is 36.5 Å². The van der Waals surface area contributed by atoms with Crippen molar-refractivity contribution in [2.24, 2.45) is 0 Å². The molecule has 0 saturated heterocycles. The van der Waals surface area contributed by atoms with Gasteiger partial charge in [-0.2, -0.15) is 11.8 Å². The van der Waals surface area contributed by atoms with E-state index in [1.165, 1.54) is 4.90 Å². The molecule has 0 saturated carbocycles. The fourth-order valence-electron chi connectivity index (χ4n) is 2.15. The Labute approximate surface area is 138 Å². The Bertz CT molecular complexity index is 740. The molecule has 0 spiro atoms. The first-order chi connectivity index (χ1) is 10.8. The van der Waals surface area contributed by atoms with Crippen molar-refractivity contribution in [3.8, 4) is 17.1 Å². The number of hydrogen-bond acceptors (Lipinski definition) is 5. The first-order valence-electron chi connectivity index (χ1n) is 6.92. The quantitative estimate of drug-likeness (QED) is 0.544. The summed E-state index contributed by atoms with van der Waals surface area (Å²) in [5.74, 6) is 2.62. The van der Waals surface area contributed by atoms with Gasteiger partial charge in [0.25, 0.3) is 0 Å². The molecule has 6 heteroatoms. The van der Waals surface area contributed by atoms with Gasteiger partial charge in [-0.1, -0.05) is 0 Å². The predicted octanol–water partition coefficient (Wildman–Crippen LogP) is 4.09. The molecule has 1 aromatic carbocycles. The third kappa shape index (κ3) is 3.23. The summed E-state index contributed by atoms with van der Waals surface area (Å²) in [6.07, 6.45) is 5.89. The lowest BCUT2D eigenvalue weighted by atomic mass is 10.2. The van der Waals surface area contributed by atoms with Crippen LogP contribution in [0.5, 0.6) is 5.75 Å². The van der Waals surface area contributed by atoms with Gasteiger partial charge in [-0.15, -0.1) is 11.8 Å². The minimum Gasteiger partial charge on any atom is -0.492 e. The van der Waals surface area contributed by atoms with Crippen LogP contribution in [0.25, 0.3) is 22.6 Å². The largest absolute Gasteiger partial charge is 0.492 e. The highest BCUT2D eigenvalue weighted by Crippen LogP contribution is 2.32. The molecule has 0 aliphatic carbocycles. The van der Waals surface area contributed by atoms with Gasteiger partial charge in [0.15, 0.2) is 5.65 Å². The predicted molar refractivity (Wildman–Crippen MR) is 95.0 cm³/mol. The average molecular weight is 331 g/mol. The highest BCUT2D eigenvalue weighted by molar-refractivity contribution is 7.98. The number of aromatic nitrogens is 3. The van der Waals surface area contributed by atoms with Gasteiger partial charge < -0.3 is 9.72 Å². The lowest BCUT2D eigenvalue weighted by Crippen LogP contribution is -2.01. The van der Waals surface area contributed by atoms with Crippen LogP contribution in [0.4, 0.5) is 0 Å². The van der Waals surface area contributed by atoms with Gasteiger partial charge >= 0.3 is 0 Å². The van der Waals surface area contributed by atoms with Crippen LogP contribution in [0, 0.1) is 0 Å². The zero-order chi connectivity index (χ0) is 15.4. The summed E-state index contributed by atoms with van der Waals surface area (Å²) in [6, 6.07) is 10.1. The van der Waals surface area contributed by atoms with E-state index in [4.69, 9.17) is 4.74 Å². The number of nitrogens with one attached hydrogen (secondary N) is 1. The van der Waals surface area contributed by atoms with Crippen molar-refractivity contribution in [3.63, 3.8) is 0 Å². The van der Waals surface area contributed by atoms with E-state index in [2.05, 4.69) is 45.7 Å². The molecule has 3 rings (SSSR count). The molecule has 0 amide bonds. The molecule has 0 fully saturated rings. The standard InChI is InChI=1S/C16H17N3OS2/c1-21-9-8-20-14-10-11(22-2)5-6-12(14)15-18-13-4-3-7-17-16(13)19-15/h3-7,10H,8-9H2,1-2H3,(H,17,18,19). The van der Waals surface area contributed by atoms with Crippen LogP contribution in [0.2, 0.25) is 0 Å². The summed E-state index contributed by atoms with van der Waals surface area (Å²) in [6.45, 7) is 0.685. The Morgan fingerprint density at radius 2 is 2.14 bits per heavy atom. The molecule has 0 aliphatic rings. The number of hydrogen-bond donors (Lipinski definition) is 1. The highest BCUT2D eigenvalue weighted by atomic mass is 32.2. The van der Waals surface area contributed by atoms with Crippen molar-refractivity contribution < 1.29 is 4.74 Å². The van der Waals surface area contributed by atoms with E-state index in [0.29, 0.717) is 6.61 Å². The highest BCUT2D eigenvalue weighted by Gasteiger charge is 2.12. The first kappa shape index (κ1) is 15.2. The Balaban J connectivity index is 2.00. The second kappa shape index (κ2) is 7.07. The average Bonchev–Trinajstić information content (AvgIpc) is 2.98. The maximum absolute atomic E-state index is 5.96. The third-order valence-electron chi connectivity index (χ3n) is 3.25. The number of nitrogens with zero attached hydrogens (tertiary/aromatic N) is 2. The fourth-order valence-corrected chi connectivity index (χ4v) is 2.83. The normalized spacial score (nSPS) is 11.0. The summed E-state index contributed by atoms with van der Waals surface area (Å²) in [7, 11) is 0. The number of fused-ring (bicyclic) bond motifs is 1. The van der Waals surface area contributed by atoms with E-state index in [0.717, 1.165) is 34.1 Å². The number of ether oxygens (including phenoxy) is 1. The fraction of sp³-hybridized carbons (Fsp3) is 0.250. The molecular formula is C16H17N3OS2. The van der Waals surface area contributed by atoms with Crippen LogP contribution in [-0.4, -0.2) is 39.8 Å². The Morgan fingerprint density at radius 3 is 2.91 bits per heavy atom. The van der Waals surface area contributed by atoms with Crippen molar-refractivity contribution in [1.82, 2.24) is 15.0 Å². The molecule has 0 radical (unpaired) electrons. The van der Waals surface area contributed by atoms with Crippen LogP contribution in [0.1, 0.15) is 0 Å². The molecule has 22 heavy (non-hydrogen) atoms. The van der Waals surface area contributed by atoms with Gasteiger partial charge in [-0.3, -0.25) is 0 Å². The topological polar surface area (TPSA) is 50.8 Å². The maximum Gasteiger partial charge on any atom is 0.178 e. The maximum atomic E-state index is 5.96. The molecular weight excluding hydrogens is 314 g/mol. The minimum absolute atomic E-state index is 0.685. The summed E-state index contributed by atoms with van der Waals surface area (Å²) in [5, 5.41) is 0. The van der Waals surface area contributed by atoms with E-state index in [1.54, 1.807) is 29.7 Å². The Morgan fingerprint density at radius 1 is 1.23 bits per heavy atom. The number of pyridine rings is 1. The van der Waals surface area contributed by atoms with Crippen molar-refractivity contribution in [1.29, 1.82) is 0 Å². The van der Waals surface area contributed by atoms with Gasteiger partial charge in [0, 0.05) is 16.8 Å². The first-order valence-corrected chi connectivity index (χ1v) is 9.54. The van der Waals surface area contributed by atoms with E-state index in [1.807, 2.05) is 12.1 Å². The number of imidazole rings is 1. The molecule has 0 bridgehead atoms. The van der Waals surface area contributed by atoms with Gasteiger partial charge in [-0.05, 0) is 42.8 Å². The molecule has 114 valence electrons. The second-order valence-electron chi connectivity index (χ2n) is 4.66. The van der Waals surface area contributed by atoms with Gasteiger partial charge in [-0.25, -0.2) is 9.97 Å². The number of H-pyrrole nitrogens is 1. The molecule has 1 N–H and O–H groups in total. The van der Waals surface area contributed by atoms with E-state index in [-0.39, 0.29) is 0 Å². The monoisotopic (exact) mass is 331 g/mol. The zero-order valence-corrected chi connectivity index (χ0v) is 14.1. The number of rotatable bonds is 6. The third-order valence-corrected chi connectivity index (χ3v) is 4.55.